The van der Waals surface area contributed by atoms with Crippen molar-refractivity contribution in [2.45, 2.75) is 26.4 Å². The van der Waals surface area contributed by atoms with E-state index in [1.165, 1.54) is 4.68 Å². The molecule has 0 spiro atoms. The lowest BCUT2D eigenvalue weighted by Crippen LogP contribution is -2.08. The Morgan fingerprint density at radius 1 is 1.19 bits per heavy atom. The number of hydrogen-bond acceptors (Lipinski definition) is 6. The molecular weight excluding hydrogens is 400 g/mol. The monoisotopic (exact) mass is 424 g/mol. The first kappa shape index (κ1) is 20.9. The highest BCUT2D eigenvalue weighted by atomic mass is 16.7. The van der Waals surface area contributed by atoms with Gasteiger partial charge in [-0.2, -0.15) is 5.10 Å². The van der Waals surface area contributed by atoms with E-state index in [-0.39, 0.29) is 5.69 Å². The number of methoxy groups -OCH3 is 1. The van der Waals surface area contributed by atoms with Crippen LogP contribution in [0.4, 0.5) is 0 Å². The minimum Gasteiger partial charge on any atom is -0.497 e. The van der Waals surface area contributed by atoms with E-state index in [1.54, 1.807) is 13.2 Å². The van der Waals surface area contributed by atoms with Crippen LogP contribution < -0.4 is 9.47 Å². The van der Waals surface area contributed by atoms with Gasteiger partial charge < -0.3 is 24.1 Å². The molecule has 0 bridgehead atoms. The molecule has 0 amide bonds. The van der Waals surface area contributed by atoms with Gasteiger partial charge in [0.2, 0.25) is 0 Å². The first-order valence-electron chi connectivity index (χ1n) is 10.0. The van der Waals surface area contributed by atoms with Gasteiger partial charge in [0.15, 0.2) is 6.29 Å². The van der Waals surface area contributed by atoms with Gasteiger partial charge in [-0.3, -0.25) is 4.68 Å². The molecule has 1 aliphatic rings. The smallest absolute Gasteiger partial charge is 0.354 e. The Kier molecular flexibility index (Phi) is 6.20. The second-order valence-electron chi connectivity index (χ2n) is 6.96. The number of carboxylic acids is 1. The lowest BCUT2D eigenvalue weighted by atomic mass is 10.0. The number of carbonyl (C=O) groups is 1. The van der Waals surface area contributed by atoms with E-state index in [2.05, 4.69) is 5.10 Å². The van der Waals surface area contributed by atoms with Crippen LogP contribution in [0.25, 0.3) is 11.3 Å². The zero-order chi connectivity index (χ0) is 21.8. The van der Waals surface area contributed by atoms with E-state index >= 15 is 0 Å². The molecule has 0 unspecified atom stereocenters. The van der Waals surface area contributed by atoms with Crippen molar-refractivity contribution in [3.8, 4) is 22.8 Å². The number of aryl methyl sites for hydroxylation is 1. The van der Waals surface area contributed by atoms with Crippen molar-refractivity contribution in [3.05, 3.63) is 65.4 Å². The molecule has 0 atom stereocenters. The van der Waals surface area contributed by atoms with Crippen LogP contribution in [0.2, 0.25) is 0 Å². The number of carboxylic acid groups (broad SMARTS) is 1. The number of aromatic carboxylic acids is 1. The number of benzene rings is 2. The fourth-order valence-corrected chi connectivity index (χ4v) is 3.51. The summed E-state index contributed by atoms with van der Waals surface area (Å²) in [5, 5.41) is 14.0. The standard InChI is InChI=1S/C23H24N2O6/c1-3-25-19(22(26)27)13-18(24-25)17-5-4-6-20(21(17)23-29-11-12-30-23)31-14-15-7-9-16(28-2)10-8-15/h4-10,13,23H,3,11-12,14H2,1-2H3,(H,26,27). The van der Waals surface area contributed by atoms with E-state index in [4.69, 9.17) is 18.9 Å². The van der Waals surface area contributed by atoms with Crippen LogP contribution in [-0.2, 0) is 22.6 Å². The molecule has 0 saturated carbocycles. The fourth-order valence-electron chi connectivity index (χ4n) is 3.51. The Morgan fingerprint density at radius 2 is 1.94 bits per heavy atom. The minimum atomic E-state index is -1.03. The predicted molar refractivity (Wildman–Crippen MR) is 112 cm³/mol. The summed E-state index contributed by atoms with van der Waals surface area (Å²) in [5.41, 5.74) is 3.05. The van der Waals surface area contributed by atoms with E-state index in [0.29, 0.717) is 48.9 Å². The molecule has 3 aromatic rings. The maximum Gasteiger partial charge on any atom is 0.354 e. The summed E-state index contributed by atoms with van der Waals surface area (Å²) in [6.45, 7) is 3.58. The normalized spacial score (nSPS) is 14.0. The molecule has 1 saturated heterocycles. The van der Waals surface area contributed by atoms with Gasteiger partial charge in [-0.1, -0.05) is 24.3 Å². The van der Waals surface area contributed by atoms with Gasteiger partial charge in [0.1, 0.15) is 23.8 Å². The van der Waals surface area contributed by atoms with Crippen LogP contribution in [-0.4, -0.2) is 41.2 Å². The Balaban J connectivity index is 1.70. The number of hydrogen-bond donors (Lipinski definition) is 1. The molecular formula is C23H24N2O6. The average molecular weight is 424 g/mol. The zero-order valence-electron chi connectivity index (χ0n) is 17.4. The summed E-state index contributed by atoms with van der Waals surface area (Å²) in [6, 6.07) is 14.8. The van der Waals surface area contributed by atoms with Gasteiger partial charge in [-0.25, -0.2) is 4.79 Å². The van der Waals surface area contributed by atoms with Crippen molar-refractivity contribution in [2.75, 3.05) is 20.3 Å². The highest BCUT2D eigenvalue weighted by molar-refractivity contribution is 5.87. The van der Waals surface area contributed by atoms with Crippen molar-refractivity contribution in [1.29, 1.82) is 0 Å². The molecule has 2 aromatic carbocycles. The largest absolute Gasteiger partial charge is 0.497 e. The van der Waals surface area contributed by atoms with Crippen LogP contribution in [0.3, 0.4) is 0 Å². The molecule has 2 heterocycles. The van der Waals surface area contributed by atoms with Crippen molar-refractivity contribution < 1.29 is 28.8 Å². The molecule has 1 fully saturated rings. The molecule has 1 N–H and O–H groups in total. The Morgan fingerprint density at radius 3 is 2.55 bits per heavy atom. The Bertz CT molecular complexity index is 1050. The first-order valence-corrected chi connectivity index (χ1v) is 10.0. The Labute approximate surface area is 179 Å². The minimum absolute atomic E-state index is 0.126. The average Bonchev–Trinajstić information content (AvgIpc) is 3.47. The van der Waals surface area contributed by atoms with Gasteiger partial charge in [0.05, 0.1) is 31.6 Å². The maximum absolute atomic E-state index is 11.6. The third-order valence-corrected chi connectivity index (χ3v) is 5.05. The quantitative estimate of drug-likeness (QED) is 0.586. The first-order chi connectivity index (χ1) is 15.1. The van der Waals surface area contributed by atoms with Gasteiger partial charge in [-0.05, 0) is 36.8 Å². The summed E-state index contributed by atoms with van der Waals surface area (Å²) in [5.74, 6) is 0.352. The molecule has 0 aliphatic carbocycles. The third kappa shape index (κ3) is 4.40. The Hall–Kier alpha value is -3.36. The van der Waals surface area contributed by atoms with E-state index < -0.39 is 12.3 Å². The highest BCUT2D eigenvalue weighted by Crippen LogP contribution is 2.39. The van der Waals surface area contributed by atoms with Crippen LogP contribution in [0, 0.1) is 0 Å². The summed E-state index contributed by atoms with van der Waals surface area (Å²) >= 11 is 0. The van der Waals surface area contributed by atoms with Crippen LogP contribution in [0.5, 0.6) is 11.5 Å². The molecule has 1 aromatic heterocycles. The number of rotatable bonds is 8. The van der Waals surface area contributed by atoms with Crippen LogP contribution in [0.1, 0.15) is 34.8 Å². The lowest BCUT2D eigenvalue weighted by Gasteiger charge is -2.19. The zero-order valence-corrected chi connectivity index (χ0v) is 17.4. The number of ether oxygens (including phenoxy) is 4. The predicted octanol–water partition coefficient (Wildman–Crippen LogP) is 3.90. The van der Waals surface area contributed by atoms with E-state index in [1.807, 2.05) is 49.4 Å². The summed E-state index contributed by atoms with van der Waals surface area (Å²) in [4.78, 5) is 11.6. The summed E-state index contributed by atoms with van der Waals surface area (Å²) in [7, 11) is 1.63. The number of nitrogens with zero attached hydrogens (tertiary/aromatic N) is 2. The van der Waals surface area contributed by atoms with Gasteiger partial charge in [0, 0.05) is 12.1 Å². The number of aromatic nitrogens is 2. The molecule has 8 heteroatoms. The topological polar surface area (TPSA) is 92.0 Å². The van der Waals surface area contributed by atoms with E-state index in [0.717, 1.165) is 11.3 Å². The SMILES string of the molecule is CCn1nc(-c2cccc(OCc3ccc(OC)cc3)c2C2OCCO2)cc1C(=O)O. The summed E-state index contributed by atoms with van der Waals surface area (Å²) < 4.78 is 24.3. The fraction of sp³-hybridized carbons (Fsp3) is 0.304. The third-order valence-electron chi connectivity index (χ3n) is 5.05. The molecule has 0 radical (unpaired) electrons. The van der Waals surface area contributed by atoms with Crippen LogP contribution in [0.15, 0.2) is 48.5 Å². The molecule has 31 heavy (non-hydrogen) atoms. The van der Waals surface area contributed by atoms with Crippen molar-refractivity contribution >= 4 is 5.97 Å². The van der Waals surface area contributed by atoms with Gasteiger partial charge >= 0.3 is 5.97 Å². The van der Waals surface area contributed by atoms with Gasteiger partial charge in [-0.15, -0.1) is 0 Å². The second-order valence-corrected chi connectivity index (χ2v) is 6.96. The van der Waals surface area contributed by atoms with Crippen molar-refractivity contribution in [3.63, 3.8) is 0 Å². The highest BCUT2D eigenvalue weighted by Gasteiger charge is 2.28. The second kappa shape index (κ2) is 9.20. The van der Waals surface area contributed by atoms with Gasteiger partial charge in [0.25, 0.3) is 0 Å². The molecule has 1 aliphatic heterocycles. The maximum atomic E-state index is 11.6. The van der Waals surface area contributed by atoms with E-state index in [9.17, 15) is 9.90 Å². The summed E-state index contributed by atoms with van der Waals surface area (Å²) in [6.07, 6.45) is -0.609. The lowest BCUT2D eigenvalue weighted by molar-refractivity contribution is -0.0454. The van der Waals surface area contributed by atoms with Crippen molar-refractivity contribution in [1.82, 2.24) is 9.78 Å². The molecule has 162 valence electrons. The van der Waals surface area contributed by atoms with Crippen LogP contribution >= 0.6 is 0 Å². The van der Waals surface area contributed by atoms with Crippen molar-refractivity contribution in [2.24, 2.45) is 0 Å². The molecule has 4 rings (SSSR count). The molecule has 8 nitrogen and oxygen atoms in total.